The molecule has 0 bridgehead atoms. The lowest BCUT2D eigenvalue weighted by molar-refractivity contribution is -0.387. The third kappa shape index (κ3) is 10.8. The Kier molecular flexibility index (Phi) is 11.7. The molecule has 0 aromatic heterocycles. The number of rotatable bonds is 10. The molecule has 0 aliphatic carbocycles. The first-order valence-electron chi connectivity index (χ1n) is 11.1. The number of para-hydroxylation sites is 1. The Balaban J connectivity index is 3.33. The van der Waals surface area contributed by atoms with Crippen LogP contribution in [0.5, 0.6) is 0 Å². The predicted octanol–water partition coefficient (Wildman–Crippen LogP) is 3.56. The zero-order chi connectivity index (χ0) is 29.1. The summed E-state index contributed by atoms with van der Waals surface area (Å²) in [5.74, 6) is 2.49. The summed E-state index contributed by atoms with van der Waals surface area (Å²) in [5, 5.41) is 13.7. The van der Waals surface area contributed by atoms with Gasteiger partial charge in [-0.25, -0.2) is 18.0 Å². The molecule has 210 valence electrons. The van der Waals surface area contributed by atoms with Gasteiger partial charge in [0.25, 0.3) is 15.7 Å². The standard InChI is InChI=1S/C23H28F3N3O8S/c1-5-15-36-20(30)16-17(23(24,25)26)9-8-13-28(14-12-27-21(31)37-22(2,3)4)38(34,35)19-11-7-6-10-18(19)29(32)33/h6-7,10-11,16H,5,12-15H2,1-4H3,(H,27,31)/b17-16+. The lowest BCUT2D eigenvalue weighted by atomic mass is 10.2. The number of amides is 1. The number of nitrogens with one attached hydrogen (secondary N) is 1. The van der Waals surface area contributed by atoms with Gasteiger partial charge in [0.15, 0.2) is 4.90 Å². The van der Waals surface area contributed by atoms with E-state index in [1.54, 1.807) is 33.6 Å². The van der Waals surface area contributed by atoms with Gasteiger partial charge in [0.2, 0.25) is 0 Å². The van der Waals surface area contributed by atoms with Crippen molar-refractivity contribution in [2.45, 2.75) is 50.8 Å². The number of alkyl carbamates (subject to hydrolysis) is 1. The fraction of sp³-hybridized carbons (Fsp3) is 0.478. The Bertz CT molecular complexity index is 1210. The molecule has 0 saturated heterocycles. The van der Waals surface area contributed by atoms with Crippen LogP contribution in [-0.2, 0) is 24.3 Å². The van der Waals surface area contributed by atoms with E-state index in [1.807, 2.05) is 5.92 Å². The molecule has 11 nitrogen and oxygen atoms in total. The number of benzene rings is 1. The highest BCUT2D eigenvalue weighted by Crippen LogP contribution is 2.27. The van der Waals surface area contributed by atoms with E-state index in [4.69, 9.17) is 4.74 Å². The van der Waals surface area contributed by atoms with Crippen molar-refractivity contribution in [2.24, 2.45) is 0 Å². The average Bonchev–Trinajstić information content (AvgIpc) is 2.79. The van der Waals surface area contributed by atoms with Gasteiger partial charge in [-0.1, -0.05) is 30.9 Å². The topological polar surface area (TPSA) is 145 Å². The molecule has 38 heavy (non-hydrogen) atoms. The number of halogens is 3. The number of allylic oxidation sites excluding steroid dienone is 1. The lowest BCUT2D eigenvalue weighted by Crippen LogP contribution is -2.40. The molecule has 0 aliphatic heterocycles. The average molecular weight is 564 g/mol. The molecule has 1 rings (SSSR count). The molecule has 0 radical (unpaired) electrons. The van der Waals surface area contributed by atoms with Gasteiger partial charge in [0.05, 0.1) is 18.1 Å². The van der Waals surface area contributed by atoms with E-state index in [1.165, 1.54) is 12.1 Å². The number of hydrogen-bond acceptors (Lipinski definition) is 8. The van der Waals surface area contributed by atoms with E-state index < -0.39 is 68.0 Å². The third-order valence-corrected chi connectivity index (χ3v) is 6.10. The monoisotopic (exact) mass is 563 g/mol. The number of sulfonamides is 1. The SMILES string of the molecule is CCCOC(=O)/C=C(\C#CCN(CCNC(=O)OC(C)(C)C)S(=O)(=O)c1ccccc1[N+](=O)[O-])C(F)(F)F. The summed E-state index contributed by atoms with van der Waals surface area (Å²) in [6.45, 7) is 4.58. The number of carbonyl (C=O) groups excluding carboxylic acids is 2. The quantitative estimate of drug-likeness (QED) is 0.150. The second kappa shape index (κ2) is 13.8. The van der Waals surface area contributed by atoms with Crippen LogP contribution in [0.4, 0.5) is 23.7 Å². The van der Waals surface area contributed by atoms with Crippen LogP contribution in [0.1, 0.15) is 34.1 Å². The van der Waals surface area contributed by atoms with Crippen molar-refractivity contribution < 1.29 is 45.6 Å². The number of esters is 1. The minimum atomic E-state index is -5.04. The maximum atomic E-state index is 13.3. The van der Waals surface area contributed by atoms with Gasteiger partial charge in [0.1, 0.15) is 11.2 Å². The highest BCUT2D eigenvalue weighted by atomic mass is 32.2. The summed E-state index contributed by atoms with van der Waals surface area (Å²) in [4.78, 5) is 33.2. The Morgan fingerprint density at radius 2 is 1.84 bits per heavy atom. The van der Waals surface area contributed by atoms with E-state index in [0.717, 1.165) is 12.1 Å². The van der Waals surface area contributed by atoms with Gasteiger partial charge in [-0.3, -0.25) is 10.1 Å². The molecular weight excluding hydrogens is 535 g/mol. The van der Waals surface area contributed by atoms with E-state index in [0.29, 0.717) is 10.7 Å². The summed E-state index contributed by atoms with van der Waals surface area (Å²) < 4.78 is 76.7. The highest BCUT2D eigenvalue weighted by Gasteiger charge is 2.34. The van der Waals surface area contributed by atoms with Crippen LogP contribution in [0.3, 0.4) is 0 Å². The molecule has 15 heteroatoms. The zero-order valence-corrected chi connectivity index (χ0v) is 21.9. The van der Waals surface area contributed by atoms with Gasteiger partial charge in [-0.05, 0) is 33.3 Å². The number of nitro groups is 1. The molecule has 0 aliphatic rings. The molecule has 1 amide bonds. The molecule has 1 aromatic carbocycles. The van der Waals surface area contributed by atoms with Gasteiger partial charge in [0, 0.05) is 25.2 Å². The molecule has 0 atom stereocenters. The van der Waals surface area contributed by atoms with Crippen LogP contribution < -0.4 is 5.32 Å². The van der Waals surface area contributed by atoms with E-state index in [-0.39, 0.29) is 19.2 Å². The van der Waals surface area contributed by atoms with Crippen LogP contribution in [0.15, 0.2) is 40.8 Å². The van der Waals surface area contributed by atoms with Crippen LogP contribution in [0.2, 0.25) is 0 Å². The minimum Gasteiger partial charge on any atom is -0.463 e. The Hall–Kier alpha value is -3.64. The normalized spacial score (nSPS) is 12.4. The van der Waals surface area contributed by atoms with E-state index in [9.17, 15) is 41.3 Å². The fourth-order valence-electron chi connectivity index (χ4n) is 2.62. The largest absolute Gasteiger partial charge is 0.463 e. The van der Waals surface area contributed by atoms with E-state index >= 15 is 0 Å². The highest BCUT2D eigenvalue weighted by molar-refractivity contribution is 7.89. The smallest absolute Gasteiger partial charge is 0.424 e. The van der Waals surface area contributed by atoms with Crippen molar-refractivity contribution in [3.8, 4) is 11.8 Å². The number of hydrogen-bond donors (Lipinski definition) is 1. The number of nitro benzene ring substituents is 1. The molecule has 0 saturated carbocycles. The molecule has 0 fully saturated rings. The Morgan fingerprint density at radius 1 is 1.21 bits per heavy atom. The summed E-state index contributed by atoms with van der Waals surface area (Å²) in [6.07, 6.45) is -5.41. The zero-order valence-electron chi connectivity index (χ0n) is 21.1. The van der Waals surface area contributed by atoms with Crippen molar-refractivity contribution in [1.82, 2.24) is 9.62 Å². The van der Waals surface area contributed by atoms with Gasteiger partial charge >= 0.3 is 18.2 Å². The van der Waals surface area contributed by atoms with Crippen LogP contribution in [0, 0.1) is 22.0 Å². The summed E-state index contributed by atoms with van der Waals surface area (Å²) >= 11 is 0. The number of ether oxygens (including phenoxy) is 2. The van der Waals surface area contributed by atoms with Crippen molar-refractivity contribution in [3.05, 3.63) is 46.0 Å². The molecule has 0 heterocycles. The van der Waals surface area contributed by atoms with Crippen LogP contribution >= 0.6 is 0 Å². The van der Waals surface area contributed by atoms with Crippen LogP contribution in [0.25, 0.3) is 0 Å². The summed E-state index contributed by atoms with van der Waals surface area (Å²) in [7, 11) is -4.67. The van der Waals surface area contributed by atoms with Crippen molar-refractivity contribution in [3.63, 3.8) is 0 Å². The predicted molar refractivity (Wildman–Crippen MR) is 129 cm³/mol. The first kappa shape index (κ1) is 32.4. The second-order valence-electron chi connectivity index (χ2n) is 8.52. The first-order chi connectivity index (χ1) is 17.5. The molecular formula is C23H28F3N3O8S. The lowest BCUT2D eigenvalue weighted by Gasteiger charge is -2.22. The molecule has 0 spiro atoms. The summed E-state index contributed by atoms with van der Waals surface area (Å²) in [6, 6.07) is 4.38. The van der Waals surface area contributed by atoms with Gasteiger partial charge in [-0.15, -0.1) is 0 Å². The van der Waals surface area contributed by atoms with Crippen molar-refractivity contribution in [2.75, 3.05) is 26.2 Å². The third-order valence-electron chi connectivity index (χ3n) is 4.20. The van der Waals surface area contributed by atoms with Gasteiger partial charge < -0.3 is 14.8 Å². The second-order valence-corrected chi connectivity index (χ2v) is 10.4. The first-order valence-corrected chi connectivity index (χ1v) is 12.6. The maximum absolute atomic E-state index is 13.3. The summed E-state index contributed by atoms with van der Waals surface area (Å²) in [5.41, 5.74) is -3.20. The van der Waals surface area contributed by atoms with Gasteiger partial charge in [-0.2, -0.15) is 17.5 Å². The number of carbonyl (C=O) groups is 2. The molecule has 0 unspecified atom stereocenters. The van der Waals surface area contributed by atoms with Crippen LogP contribution in [-0.4, -0.2) is 67.7 Å². The van der Waals surface area contributed by atoms with Crippen molar-refractivity contribution >= 4 is 27.8 Å². The number of nitrogens with zero attached hydrogens (tertiary/aromatic N) is 2. The van der Waals surface area contributed by atoms with Crippen molar-refractivity contribution in [1.29, 1.82) is 0 Å². The molecule has 1 N–H and O–H groups in total. The number of alkyl halides is 3. The molecule has 1 aromatic rings. The fourth-order valence-corrected chi connectivity index (χ4v) is 4.12. The Morgan fingerprint density at radius 3 is 2.39 bits per heavy atom. The van der Waals surface area contributed by atoms with E-state index in [2.05, 4.69) is 10.1 Å². The maximum Gasteiger partial charge on any atom is 0.424 e. The Labute approximate surface area is 218 Å². The minimum absolute atomic E-state index is 0.111.